The summed E-state index contributed by atoms with van der Waals surface area (Å²) < 4.78 is 10.7. The summed E-state index contributed by atoms with van der Waals surface area (Å²) in [7, 11) is 0. The lowest BCUT2D eigenvalue weighted by Crippen LogP contribution is -2.54. The first kappa shape index (κ1) is 26.6. The Labute approximate surface area is 230 Å². The van der Waals surface area contributed by atoms with Crippen LogP contribution in [0.3, 0.4) is 0 Å². The highest BCUT2D eigenvalue weighted by atomic mass is 16.7. The van der Waals surface area contributed by atoms with E-state index in [4.69, 9.17) is 9.15 Å². The van der Waals surface area contributed by atoms with Crippen molar-refractivity contribution < 1.29 is 23.8 Å². The van der Waals surface area contributed by atoms with Crippen molar-refractivity contribution in [2.75, 3.05) is 26.2 Å². The number of hydrogen-bond donors (Lipinski definition) is 2. The SMILES string of the molecule is C[C@]12CC[C@H](C(CN3CCNC(=O)C3)OC(=O)O)C[C@H]1CC[C@H]1C3=CC[C@H](c4ccc(=O)oc4)[C@@]3(C)CC[C@@H]12. The van der Waals surface area contributed by atoms with Crippen LogP contribution in [0.2, 0.25) is 0 Å². The van der Waals surface area contributed by atoms with Gasteiger partial charge in [-0.15, -0.1) is 0 Å². The third-order valence-electron chi connectivity index (χ3n) is 11.6. The van der Waals surface area contributed by atoms with Crippen LogP contribution in [0.1, 0.15) is 76.7 Å². The maximum atomic E-state index is 11.9. The molecule has 0 bridgehead atoms. The highest BCUT2D eigenvalue weighted by molar-refractivity contribution is 5.78. The van der Waals surface area contributed by atoms with Crippen molar-refractivity contribution in [3.8, 4) is 0 Å². The highest BCUT2D eigenvalue weighted by Gasteiger charge is 2.58. The molecule has 1 aromatic heterocycles. The van der Waals surface area contributed by atoms with Gasteiger partial charge in [-0.05, 0) is 103 Å². The van der Waals surface area contributed by atoms with Crippen LogP contribution >= 0.6 is 0 Å². The predicted octanol–water partition coefficient (Wildman–Crippen LogP) is 4.80. The molecule has 4 aliphatic carbocycles. The lowest BCUT2D eigenvalue weighted by molar-refractivity contribution is -0.125. The van der Waals surface area contributed by atoms with Crippen LogP contribution < -0.4 is 10.9 Å². The molecular formula is C31H42N2O6. The number of nitrogens with zero attached hydrogens (tertiary/aromatic N) is 1. The fraction of sp³-hybridized carbons (Fsp3) is 0.710. The van der Waals surface area contributed by atoms with E-state index in [1.807, 2.05) is 11.0 Å². The second-order valence-corrected chi connectivity index (χ2v) is 13.3. The van der Waals surface area contributed by atoms with Crippen LogP contribution in [-0.2, 0) is 9.53 Å². The highest BCUT2D eigenvalue weighted by Crippen LogP contribution is 2.67. The molecule has 3 saturated carbocycles. The van der Waals surface area contributed by atoms with Crippen LogP contribution in [0, 0.1) is 34.5 Å². The van der Waals surface area contributed by atoms with Gasteiger partial charge in [0.25, 0.3) is 0 Å². The average molecular weight is 539 g/mol. The Balaban J connectivity index is 1.17. The Hall–Kier alpha value is -2.61. The van der Waals surface area contributed by atoms with Crippen LogP contribution in [0.5, 0.6) is 0 Å². The molecule has 39 heavy (non-hydrogen) atoms. The Morgan fingerprint density at radius 1 is 1.21 bits per heavy atom. The number of allylic oxidation sites excluding steroid dienone is 2. The van der Waals surface area contributed by atoms with Crippen LogP contribution in [-0.4, -0.2) is 54.4 Å². The Kier molecular flexibility index (Phi) is 6.89. The van der Waals surface area contributed by atoms with Gasteiger partial charge >= 0.3 is 11.8 Å². The van der Waals surface area contributed by atoms with Gasteiger partial charge in [-0.3, -0.25) is 9.69 Å². The summed E-state index contributed by atoms with van der Waals surface area (Å²) in [6.07, 6.45) is 11.4. The van der Waals surface area contributed by atoms with Gasteiger partial charge in [-0.2, -0.15) is 0 Å². The first-order chi connectivity index (χ1) is 18.7. The molecule has 212 valence electrons. The Bertz CT molecular complexity index is 1190. The van der Waals surface area contributed by atoms with Crippen LogP contribution in [0.15, 0.2) is 39.3 Å². The van der Waals surface area contributed by atoms with Gasteiger partial charge in [0, 0.05) is 25.7 Å². The average Bonchev–Trinajstić information content (AvgIpc) is 3.25. The standard InChI is InChI=1S/C31H42N2O6/c1-30-11-9-19(26(39-29(36)37)16-33-14-13-32-27(34)17-33)15-21(30)4-5-22-24-7-6-23(20-3-8-28(35)38-18-20)31(24,2)12-10-25(22)30/h3,7-8,18-19,21-23,25-26H,4-6,9-17H2,1-2H3,(H,32,34)(H,36,37)/t19-,21+,22-,23+,25-,26?,30-,31+/m0/s1. The second-order valence-electron chi connectivity index (χ2n) is 13.3. The van der Waals surface area contributed by atoms with Crippen molar-refractivity contribution in [3.63, 3.8) is 0 Å². The maximum absolute atomic E-state index is 11.9. The molecule has 0 radical (unpaired) electrons. The van der Waals surface area contributed by atoms with E-state index in [1.165, 1.54) is 19.3 Å². The lowest BCUT2D eigenvalue weighted by Gasteiger charge is -2.60. The number of amides is 1. The molecule has 8 heteroatoms. The van der Waals surface area contributed by atoms with Crippen LogP contribution in [0.4, 0.5) is 4.79 Å². The first-order valence-electron chi connectivity index (χ1n) is 14.9. The topological polar surface area (TPSA) is 109 Å². The van der Waals surface area contributed by atoms with E-state index >= 15 is 0 Å². The van der Waals surface area contributed by atoms with Crippen molar-refractivity contribution in [1.29, 1.82) is 0 Å². The van der Waals surface area contributed by atoms with Gasteiger partial charge in [0.15, 0.2) is 0 Å². The Morgan fingerprint density at radius 3 is 2.79 bits per heavy atom. The molecule has 4 fully saturated rings. The van der Waals surface area contributed by atoms with Gasteiger partial charge in [-0.1, -0.05) is 25.5 Å². The Morgan fingerprint density at radius 2 is 2.05 bits per heavy atom. The second kappa shape index (κ2) is 10.1. The molecule has 1 unspecified atom stereocenters. The molecule has 0 spiro atoms. The first-order valence-corrected chi connectivity index (χ1v) is 14.9. The van der Waals surface area contributed by atoms with Gasteiger partial charge < -0.3 is 19.6 Å². The summed E-state index contributed by atoms with van der Waals surface area (Å²) in [4.78, 5) is 37.1. The van der Waals surface area contributed by atoms with E-state index in [1.54, 1.807) is 17.9 Å². The summed E-state index contributed by atoms with van der Waals surface area (Å²) >= 11 is 0. The van der Waals surface area contributed by atoms with Crippen molar-refractivity contribution in [1.82, 2.24) is 10.2 Å². The third-order valence-corrected chi connectivity index (χ3v) is 11.6. The third kappa shape index (κ3) is 4.72. The van der Waals surface area contributed by atoms with Crippen molar-refractivity contribution in [2.24, 2.45) is 34.5 Å². The summed E-state index contributed by atoms with van der Waals surface area (Å²) in [5, 5.41) is 12.4. The predicted molar refractivity (Wildman–Crippen MR) is 145 cm³/mol. The van der Waals surface area contributed by atoms with Crippen LogP contribution in [0.25, 0.3) is 0 Å². The van der Waals surface area contributed by atoms with Gasteiger partial charge in [0.05, 0.1) is 12.8 Å². The molecule has 2 heterocycles. The normalized spacial score (nSPS) is 39.0. The maximum Gasteiger partial charge on any atom is 0.506 e. The fourth-order valence-corrected chi connectivity index (χ4v) is 9.54. The molecule has 1 aliphatic heterocycles. The number of rotatable bonds is 5. The smallest absolute Gasteiger partial charge is 0.450 e. The van der Waals surface area contributed by atoms with E-state index in [0.29, 0.717) is 43.3 Å². The number of carbonyl (C=O) groups is 2. The van der Waals surface area contributed by atoms with E-state index in [2.05, 4.69) is 25.2 Å². The summed E-state index contributed by atoms with van der Waals surface area (Å²) in [6.45, 7) is 7.06. The number of fused-ring (bicyclic) bond motifs is 5. The quantitative estimate of drug-likeness (QED) is 0.410. The summed E-state index contributed by atoms with van der Waals surface area (Å²) in [5.41, 5.74) is 2.84. The molecule has 2 N–H and O–H groups in total. The zero-order valence-corrected chi connectivity index (χ0v) is 23.2. The molecule has 0 aromatic carbocycles. The number of piperazine rings is 1. The number of nitrogens with one attached hydrogen (secondary N) is 1. The molecule has 8 nitrogen and oxygen atoms in total. The minimum absolute atomic E-state index is 0.00515. The molecule has 8 atom stereocenters. The molecule has 5 aliphatic rings. The molecule has 1 amide bonds. The van der Waals surface area contributed by atoms with Gasteiger partial charge in [-0.25, -0.2) is 9.59 Å². The van der Waals surface area contributed by atoms with Gasteiger partial charge in [0.1, 0.15) is 6.10 Å². The summed E-state index contributed by atoms with van der Waals surface area (Å²) in [6, 6.07) is 3.50. The molecule has 6 rings (SSSR count). The van der Waals surface area contributed by atoms with Crippen molar-refractivity contribution >= 4 is 12.1 Å². The zero-order valence-electron chi connectivity index (χ0n) is 23.2. The number of carbonyl (C=O) groups excluding carboxylic acids is 1. The van der Waals surface area contributed by atoms with E-state index < -0.39 is 12.3 Å². The monoisotopic (exact) mass is 538 g/mol. The minimum atomic E-state index is -1.22. The van der Waals surface area contributed by atoms with E-state index in [0.717, 1.165) is 44.2 Å². The minimum Gasteiger partial charge on any atom is -0.450 e. The zero-order chi connectivity index (χ0) is 27.4. The molecule has 1 aromatic rings. The summed E-state index contributed by atoms with van der Waals surface area (Å²) in [5.74, 6) is 2.36. The van der Waals surface area contributed by atoms with Crippen molar-refractivity contribution in [3.05, 3.63) is 46.0 Å². The number of carboxylic acid groups (broad SMARTS) is 1. The lowest BCUT2D eigenvalue weighted by atomic mass is 9.45. The van der Waals surface area contributed by atoms with Gasteiger partial charge in [0.2, 0.25) is 5.91 Å². The number of ether oxygens (including phenoxy) is 1. The van der Waals surface area contributed by atoms with E-state index in [-0.39, 0.29) is 28.3 Å². The molecule has 1 saturated heterocycles. The molecular weight excluding hydrogens is 496 g/mol. The fourth-order valence-electron chi connectivity index (χ4n) is 9.54. The number of hydrogen-bond acceptors (Lipinski definition) is 6. The largest absolute Gasteiger partial charge is 0.506 e. The van der Waals surface area contributed by atoms with E-state index in [9.17, 15) is 19.5 Å². The van der Waals surface area contributed by atoms with Crippen molar-refractivity contribution in [2.45, 2.75) is 77.2 Å².